The van der Waals surface area contributed by atoms with Crippen LogP contribution in [0, 0.1) is 0 Å². The van der Waals surface area contributed by atoms with Crippen LogP contribution in [0.3, 0.4) is 0 Å². The largest absolute Gasteiger partial charge is 0.421 e. The van der Waals surface area contributed by atoms with Gasteiger partial charge in [-0.05, 0) is 12.5 Å². The smallest absolute Gasteiger partial charge is 0.338 e. The maximum absolute atomic E-state index is 10.8. The summed E-state index contributed by atoms with van der Waals surface area (Å²) in [5.41, 5.74) is 1.55. The molecule has 1 heterocycles. The Kier molecular flexibility index (Phi) is 2.33. The molecule has 0 fully saturated rings. The summed E-state index contributed by atoms with van der Waals surface area (Å²) in [6.45, 7) is 5.43. The maximum atomic E-state index is 10.8. The fourth-order valence-corrected chi connectivity index (χ4v) is 0.940. The molecule has 0 bridgehead atoms. The molecule has 3 nitrogen and oxygen atoms in total. The van der Waals surface area contributed by atoms with Crippen LogP contribution in [0.25, 0.3) is 0 Å². The van der Waals surface area contributed by atoms with E-state index in [0.717, 1.165) is 5.57 Å². The molecule has 0 aliphatic carbocycles. The lowest BCUT2D eigenvalue weighted by atomic mass is 10.2. The van der Waals surface area contributed by atoms with Crippen LogP contribution in [0.5, 0.6) is 0 Å². The number of nitrogens with one attached hydrogen (secondary N) is 1. The summed E-state index contributed by atoms with van der Waals surface area (Å²) >= 11 is 0. The van der Waals surface area contributed by atoms with Crippen molar-refractivity contribution in [3.8, 4) is 0 Å². The van der Waals surface area contributed by atoms with Crippen molar-refractivity contribution in [1.29, 1.82) is 0 Å². The first-order valence-electron chi connectivity index (χ1n) is 3.64. The van der Waals surface area contributed by atoms with E-state index in [1.165, 1.54) is 6.08 Å². The molecule has 3 heteroatoms. The summed E-state index contributed by atoms with van der Waals surface area (Å²) in [6.07, 6.45) is 3.07. The Balaban J connectivity index is 3.04. The molecular formula is C9H11NO2. The minimum Gasteiger partial charge on any atom is -0.421 e. The molecule has 0 atom stereocenters. The molecule has 12 heavy (non-hydrogen) atoms. The lowest BCUT2D eigenvalue weighted by Crippen LogP contribution is -2.06. The van der Waals surface area contributed by atoms with Gasteiger partial charge < -0.3 is 10.1 Å². The average molecular weight is 165 g/mol. The van der Waals surface area contributed by atoms with Gasteiger partial charge in [0, 0.05) is 7.05 Å². The van der Waals surface area contributed by atoms with Gasteiger partial charge in [-0.25, -0.2) is 4.79 Å². The first-order chi connectivity index (χ1) is 5.69. The summed E-state index contributed by atoms with van der Waals surface area (Å²) in [5.74, 6) is 0.230. The van der Waals surface area contributed by atoms with Gasteiger partial charge in [0.1, 0.15) is 0 Å². The van der Waals surface area contributed by atoms with Crippen molar-refractivity contribution in [3.63, 3.8) is 0 Å². The second kappa shape index (κ2) is 3.26. The zero-order chi connectivity index (χ0) is 9.14. The highest BCUT2D eigenvalue weighted by Gasteiger charge is 2.19. The van der Waals surface area contributed by atoms with Gasteiger partial charge in [-0.2, -0.15) is 0 Å². The number of carbonyl (C=O) groups is 1. The van der Waals surface area contributed by atoms with Crippen molar-refractivity contribution in [3.05, 3.63) is 35.8 Å². The Hall–Kier alpha value is -1.51. The summed E-state index contributed by atoms with van der Waals surface area (Å²) in [4.78, 5) is 10.8. The van der Waals surface area contributed by atoms with Crippen LogP contribution < -0.4 is 5.32 Å². The van der Waals surface area contributed by atoms with Crippen LogP contribution in [0.1, 0.15) is 6.92 Å². The number of cyclic esters (lactones) is 1. The molecule has 0 radical (unpaired) electrons. The lowest BCUT2D eigenvalue weighted by Gasteiger charge is -2.04. The predicted molar refractivity (Wildman–Crippen MR) is 46.1 cm³/mol. The lowest BCUT2D eigenvalue weighted by molar-refractivity contribution is -0.132. The van der Waals surface area contributed by atoms with E-state index in [4.69, 9.17) is 4.74 Å². The van der Waals surface area contributed by atoms with Gasteiger partial charge in [0.25, 0.3) is 0 Å². The molecule has 1 aliphatic rings. The summed E-state index contributed by atoms with van der Waals surface area (Å²) < 4.78 is 4.93. The average Bonchev–Trinajstić information content (AvgIpc) is 2.45. The molecule has 0 spiro atoms. The highest BCUT2D eigenvalue weighted by Crippen LogP contribution is 2.20. The maximum Gasteiger partial charge on any atom is 0.338 e. The van der Waals surface area contributed by atoms with E-state index in [1.807, 2.05) is 6.92 Å². The fraction of sp³-hybridized carbons (Fsp3) is 0.222. The first-order valence-corrected chi connectivity index (χ1v) is 3.64. The first kappa shape index (κ1) is 8.59. The van der Waals surface area contributed by atoms with Crippen LogP contribution in [-0.4, -0.2) is 13.0 Å². The molecule has 0 unspecified atom stereocenters. The van der Waals surface area contributed by atoms with Crippen molar-refractivity contribution in [2.24, 2.45) is 0 Å². The van der Waals surface area contributed by atoms with Gasteiger partial charge in [0.15, 0.2) is 5.76 Å². The molecule has 1 aliphatic heterocycles. The van der Waals surface area contributed by atoms with Crippen LogP contribution in [0.4, 0.5) is 0 Å². The summed E-state index contributed by atoms with van der Waals surface area (Å²) in [5, 5.41) is 2.87. The molecule has 1 rings (SSSR count). The van der Waals surface area contributed by atoms with E-state index < -0.39 is 0 Å². The number of esters is 1. The van der Waals surface area contributed by atoms with E-state index >= 15 is 0 Å². The van der Waals surface area contributed by atoms with E-state index in [0.29, 0.717) is 11.5 Å². The normalized spacial score (nSPS) is 19.8. The monoisotopic (exact) mass is 165 g/mol. The molecule has 64 valence electrons. The van der Waals surface area contributed by atoms with Gasteiger partial charge in [-0.3, -0.25) is 0 Å². The third kappa shape index (κ3) is 1.39. The number of allylic oxidation sites excluding steroid dienone is 2. The standard InChI is InChI=1S/C9H11NO2/c1-4-6(2)9-7(10-3)5-8(11)12-9/h4-5,10H,1H2,2-3H3/b9-6+. The SMILES string of the molecule is C=C/C(C)=C1/OC(=O)C=C1NC. The van der Waals surface area contributed by atoms with Crippen LogP contribution >= 0.6 is 0 Å². The summed E-state index contributed by atoms with van der Waals surface area (Å²) in [6, 6.07) is 0. The number of hydrogen-bond acceptors (Lipinski definition) is 3. The van der Waals surface area contributed by atoms with Gasteiger partial charge in [0.2, 0.25) is 0 Å². The van der Waals surface area contributed by atoms with Crippen molar-refractivity contribution >= 4 is 5.97 Å². The van der Waals surface area contributed by atoms with Crippen LogP contribution in [0.2, 0.25) is 0 Å². The topological polar surface area (TPSA) is 38.3 Å². The molecule has 0 amide bonds. The van der Waals surface area contributed by atoms with Crippen molar-refractivity contribution in [2.45, 2.75) is 6.92 Å². The highest BCUT2D eigenvalue weighted by molar-refractivity contribution is 5.88. The third-order valence-electron chi connectivity index (χ3n) is 1.64. The van der Waals surface area contributed by atoms with Gasteiger partial charge in [-0.1, -0.05) is 12.7 Å². The second-order valence-corrected chi connectivity index (χ2v) is 2.45. The number of carbonyl (C=O) groups excluding carboxylic acids is 1. The molecule has 0 saturated heterocycles. The Morgan fingerprint density at radius 2 is 2.42 bits per heavy atom. The van der Waals surface area contributed by atoms with Crippen LogP contribution in [0.15, 0.2) is 35.8 Å². The minimum absolute atomic E-state index is 0.337. The number of rotatable bonds is 2. The molecular weight excluding hydrogens is 154 g/mol. The molecule has 1 N–H and O–H groups in total. The second-order valence-electron chi connectivity index (χ2n) is 2.45. The van der Waals surface area contributed by atoms with Gasteiger partial charge >= 0.3 is 5.97 Å². The van der Waals surface area contributed by atoms with Crippen molar-refractivity contribution in [1.82, 2.24) is 5.32 Å². The van der Waals surface area contributed by atoms with Crippen molar-refractivity contribution in [2.75, 3.05) is 7.05 Å². The molecule has 0 saturated carbocycles. The zero-order valence-electron chi connectivity index (χ0n) is 7.18. The van der Waals surface area contributed by atoms with E-state index in [2.05, 4.69) is 11.9 Å². The molecule has 0 aromatic carbocycles. The highest BCUT2D eigenvalue weighted by atomic mass is 16.5. The number of hydrogen-bond donors (Lipinski definition) is 1. The predicted octanol–water partition coefficient (Wildman–Crippen LogP) is 1.11. The van der Waals surface area contributed by atoms with Crippen molar-refractivity contribution < 1.29 is 9.53 Å². The Morgan fingerprint density at radius 1 is 1.75 bits per heavy atom. The summed E-state index contributed by atoms with van der Waals surface area (Å²) in [7, 11) is 1.74. The Morgan fingerprint density at radius 3 is 2.92 bits per heavy atom. The number of likely N-dealkylation sites (N-methyl/N-ethyl adjacent to an activating group) is 1. The quantitative estimate of drug-likeness (QED) is 0.623. The fourth-order valence-electron chi connectivity index (χ4n) is 0.940. The third-order valence-corrected chi connectivity index (χ3v) is 1.64. The molecule has 0 aromatic heterocycles. The van der Waals surface area contributed by atoms with E-state index in [-0.39, 0.29) is 5.97 Å². The minimum atomic E-state index is -0.337. The van der Waals surface area contributed by atoms with Crippen LogP contribution in [-0.2, 0) is 9.53 Å². The van der Waals surface area contributed by atoms with E-state index in [1.54, 1.807) is 13.1 Å². The molecule has 0 aromatic rings. The van der Waals surface area contributed by atoms with E-state index in [9.17, 15) is 4.79 Å². The van der Waals surface area contributed by atoms with Gasteiger partial charge in [0.05, 0.1) is 11.8 Å². The Bertz CT molecular complexity index is 287. The zero-order valence-corrected chi connectivity index (χ0v) is 7.18. The Labute approximate surface area is 71.4 Å². The van der Waals surface area contributed by atoms with Gasteiger partial charge in [-0.15, -0.1) is 0 Å². The number of ether oxygens (including phenoxy) is 1.